The highest BCUT2D eigenvalue weighted by atomic mass is 32.2. The second-order valence-corrected chi connectivity index (χ2v) is 6.14. The lowest BCUT2D eigenvalue weighted by atomic mass is 10.0. The van der Waals surface area contributed by atoms with Crippen LogP contribution in [0.1, 0.15) is 21.5 Å². The van der Waals surface area contributed by atoms with Crippen LogP contribution in [0.3, 0.4) is 0 Å². The first-order valence-electron chi connectivity index (χ1n) is 6.26. The van der Waals surface area contributed by atoms with Gasteiger partial charge in [-0.3, -0.25) is 9.00 Å². The van der Waals surface area contributed by atoms with Gasteiger partial charge in [0.25, 0.3) is 0 Å². The van der Waals surface area contributed by atoms with E-state index in [0.29, 0.717) is 21.6 Å². The van der Waals surface area contributed by atoms with Gasteiger partial charge in [-0.15, -0.1) is 0 Å². The third kappa shape index (κ3) is 3.14. The zero-order valence-corrected chi connectivity index (χ0v) is 12.2. The van der Waals surface area contributed by atoms with Gasteiger partial charge in [-0.05, 0) is 49.2 Å². The summed E-state index contributed by atoms with van der Waals surface area (Å²) in [7, 11) is -1.34. The molecular formula is C16H16O3S. The van der Waals surface area contributed by atoms with Crippen molar-refractivity contribution in [3.05, 3.63) is 59.2 Å². The number of phenols is 1. The second-order valence-electron chi connectivity index (χ2n) is 4.68. The van der Waals surface area contributed by atoms with E-state index in [2.05, 4.69) is 0 Å². The van der Waals surface area contributed by atoms with Gasteiger partial charge in [0.05, 0.1) is 16.6 Å². The summed E-state index contributed by atoms with van der Waals surface area (Å²) < 4.78 is 12.1. The van der Waals surface area contributed by atoms with Crippen molar-refractivity contribution in [2.75, 3.05) is 5.75 Å². The van der Waals surface area contributed by atoms with Crippen molar-refractivity contribution in [3.63, 3.8) is 0 Å². The minimum absolute atomic E-state index is 0.0479. The van der Waals surface area contributed by atoms with Crippen LogP contribution in [-0.4, -0.2) is 20.9 Å². The number of rotatable bonds is 4. The van der Waals surface area contributed by atoms with Crippen LogP contribution in [0, 0.1) is 13.8 Å². The van der Waals surface area contributed by atoms with Crippen LogP contribution in [0.25, 0.3) is 0 Å². The Morgan fingerprint density at radius 3 is 2.20 bits per heavy atom. The van der Waals surface area contributed by atoms with E-state index in [1.54, 1.807) is 50.2 Å². The number of carbonyl (C=O) groups is 1. The zero-order chi connectivity index (χ0) is 14.7. The number of carbonyl (C=O) groups excluding carboxylic acids is 1. The lowest BCUT2D eigenvalue weighted by molar-refractivity contribution is 0.102. The molecule has 0 saturated carbocycles. The molecule has 104 valence electrons. The average molecular weight is 288 g/mol. The van der Waals surface area contributed by atoms with Crippen molar-refractivity contribution in [1.82, 2.24) is 0 Å². The van der Waals surface area contributed by atoms with E-state index >= 15 is 0 Å². The largest absolute Gasteiger partial charge is 0.507 e. The molecule has 0 fully saturated rings. The average Bonchev–Trinajstić information content (AvgIpc) is 2.45. The maximum atomic E-state index is 12.2. The number of Topliss-reactive ketones (excluding diaryl/α,β-unsaturated/α-hetero) is 1. The van der Waals surface area contributed by atoms with Gasteiger partial charge in [-0.2, -0.15) is 0 Å². The molecule has 20 heavy (non-hydrogen) atoms. The molecule has 0 radical (unpaired) electrons. The molecule has 2 rings (SSSR count). The molecule has 0 aromatic heterocycles. The quantitative estimate of drug-likeness (QED) is 0.880. The molecule has 0 spiro atoms. The molecule has 4 heteroatoms. The normalized spacial score (nSPS) is 12.1. The first-order chi connectivity index (χ1) is 9.49. The molecule has 1 N–H and O–H groups in total. The number of benzene rings is 2. The molecule has 2 aromatic rings. The van der Waals surface area contributed by atoms with Gasteiger partial charge in [-0.1, -0.05) is 18.2 Å². The third-order valence-corrected chi connectivity index (χ3v) is 4.40. The summed E-state index contributed by atoms with van der Waals surface area (Å²) >= 11 is 0. The van der Waals surface area contributed by atoms with Crippen molar-refractivity contribution >= 4 is 16.6 Å². The summed E-state index contributed by atoms with van der Waals surface area (Å²) in [6, 6.07) is 12.2. The highest BCUT2D eigenvalue weighted by Gasteiger charge is 2.14. The van der Waals surface area contributed by atoms with Crippen LogP contribution >= 0.6 is 0 Å². The summed E-state index contributed by atoms with van der Waals surface area (Å²) in [5.41, 5.74) is 1.79. The second kappa shape index (κ2) is 6.01. The fourth-order valence-corrected chi connectivity index (χ4v) is 3.01. The molecule has 0 unspecified atom stereocenters. The zero-order valence-electron chi connectivity index (χ0n) is 11.4. The predicted molar refractivity (Wildman–Crippen MR) is 79.6 cm³/mol. The number of phenolic OH excluding ortho intramolecular Hbond substituents is 1. The lowest BCUT2D eigenvalue weighted by Crippen LogP contribution is -2.11. The third-order valence-electron chi connectivity index (χ3n) is 3.08. The van der Waals surface area contributed by atoms with Gasteiger partial charge in [0, 0.05) is 10.5 Å². The van der Waals surface area contributed by atoms with E-state index in [-0.39, 0.29) is 17.3 Å². The Morgan fingerprint density at radius 2 is 1.65 bits per heavy atom. The van der Waals surface area contributed by atoms with Gasteiger partial charge in [0.15, 0.2) is 5.78 Å². The Labute approximate surface area is 120 Å². The van der Waals surface area contributed by atoms with Gasteiger partial charge in [0.1, 0.15) is 5.75 Å². The Balaban J connectivity index is 2.19. The Kier molecular flexibility index (Phi) is 4.35. The molecule has 2 aromatic carbocycles. The smallest absolute Gasteiger partial charge is 0.175 e. The highest BCUT2D eigenvalue weighted by Crippen LogP contribution is 2.23. The van der Waals surface area contributed by atoms with Crippen LogP contribution in [0.5, 0.6) is 5.75 Å². The number of ketones is 1. The van der Waals surface area contributed by atoms with Crippen LogP contribution in [-0.2, 0) is 10.8 Å². The molecular weight excluding hydrogens is 272 g/mol. The van der Waals surface area contributed by atoms with Crippen LogP contribution in [0.4, 0.5) is 0 Å². The first kappa shape index (κ1) is 14.5. The summed E-state index contributed by atoms with van der Waals surface area (Å²) in [6.07, 6.45) is 0. The van der Waals surface area contributed by atoms with Crippen molar-refractivity contribution in [1.29, 1.82) is 0 Å². The Bertz CT molecular complexity index is 640. The van der Waals surface area contributed by atoms with E-state index in [0.717, 1.165) is 0 Å². The molecule has 0 amide bonds. The summed E-state index contributed by atoms with van der Waals surface area (Å²) in [4.78, 5) is 12.8. The number of hydrogen-bond donors (Lipinski definition) is 1. The van der Waals surface area contributed by atoms with Crippen molar-refractivity contribution in [2.24, 2.45) is 0 Å². The monoisotopic (exact) mass is 288 g/mol. The highest BCUT2D eigenvalue weighted by molar-refractivity contribution is 7.85. The van der Waals surface area contributed by atoms with Crippen LogP contribution < -0.4 is 0 Å². The van der Waals surface area contributed by atoms with E-state index < -0.39 is 10.8 Å². The first-order valence-corrected chi connectivity index (χ1v) is 7.58. The standard InChI is InChI=1S/C16H16O3S/c1-11-8-13(9-12(2)16(11)18)15(17)10-20(19)14-6-4-3-5-7-14/h3-9,18H,10H2,1-2H3/t20-/m0/s1. The number of hydrogen-bond acceptors (Lipinski definition) is 3. The molecule has 0 aliphatic heterocycles. The fraction of sp³-hybridized carbons (Fsp3) is 0.188. The summed E-state index contributed by atoms with van der Waals surface area (Å²) in [5, 5.41) is 9.70. The van der Waals surface area contributed by atoms with Gasteiger partial charge in [0.2, 0.25) is 0 Å². The SMILES string of the molecule is Cc1cc(C(=O)C[S@](=O)c2ccccc2)cc(C)c1O. The van der Waals surface area contributed by atoms with E-state index in [4.69, 9.17) is 0 Å². The Morgan fingerprint density at radius 1 is 1.10 bits per heavy atom. The maximum Gasteiger partial charge on any atom is 0.175 e. The molecule has 3 nitrogen and oxygen atoms in total. The van der Waals surface area contributed by atoms with E-state index in [9.17, 15) is 14.1 Å². The van der Waals surface area contributed by atoms with Crippen molar-refractivity contribution in [3.8, 4) is 5.75 Å². The molecule has 0 aliphatic rings. The molecule has 0 bridgehead atoms. The van der Waals surface area contributed by atoms with E-state index in [1.165, 1.54) is 0 Å². The predicted octanol–water partition coefficient (Wildman–Crippen LogP) is 3.00. The van der Waals surface area contributed by atoms with E-state index in [1.807, 2.05) is 6.07 Å². The Hall–Kier alpha value is -1.94. The summed E-state index contributed by atoms with van der Waals surface area (Å²) in [5.74, 6) is -0.0302. The topological polar surface area (TPSA) is 54.4 Å². The van der Waals surface area contributed by atoms with Gasteiger partial charge in [-0.25, -0.2) is 0 Å². The summed E-state index contributed by atoms with van der Waals surface area (Å²) in [6.45, 7) is 3.49. The maximum absolute atomic E-state index is 12.2. The molecule has 1 atom stereocenters. The van der Waals surface area contributed by atoms with Crippen LogP contribution in [0.2, 0.25) is 0 Å². The molecule has 0 heterocycles. The number of aromatic hydroxyl groups is 1. The van der Waals surface area contributed by atoms with Crippen LogP contribution in [0.15, 0.2) is 47.4 Å². The fourth-order valence-electron chi connectivity index (χ4n) is 1.97. The number of aryl methyl sites for hydroxylation is 2. The van der Waals surface area contributed by atoms with Crippen molar-refractivity contribution in [2.45, 2.75) is 18.7 Å². The van der Waals surface area contributed by atoms with Crippen molar-refractivity contribution < 1.29 is 14.1 Å². The lowest BCUT2D eigenvalue weighted by Gasteiger charge is -2.07. The van der Waals surface area contributed by atoms with Gasteiger partial charge < -0.3 is 5.11 Å². The minimum Gasteiger partial charge on any atom is -0.507 e. The minimum atomic E-state index is -1.34. The molecule has 0 saturated heterocycles. The van der Waals surface area contributed by atoms with Gasteiger partial charge >= 0.3 is 0 Å². The molecule has 0 aliphatic carbocycles.